The van der Waals surface area contributed by atoms with Crippen molar-refractivity contribution >= 4 is 32.4 Å². The van der Waals surface area contributed by atoms with Gasteiger partial charge >= 0.3 is 0 Å². The summed E-state index contributed by atoms with van der Waals surface area (Å²) in [6, 6.07) is 3.40. The van der Waals surface area contributed by atoms with Gasteiger partial charge in [-0.3, -0.25) is 4.79 Å². The minimum atomic E-state index is -3.88. The van der Waals surface area contributed by atoms with E-state index in [0.29, 0.717) is 0 Å². The van der Waals surface area contributed by atoms with Crippen LogP contribution in [0.2, 0.25) is 0 Å². The molecule has 27 heavy (non-hydrogen) atoms. The first-order valence-electron chi connectivity index (χ1n) is 8.37. The van der Waals surface area contributed by atoms with Crippen LogP contribution in [0.3, 0.4) is 0 Å². The number of aromatic nitrogens is 2. The van der Waals surface area contributed by atoms with Crippen LogP contribution < -0.4 is 14.8 Å². The molecule has 148 valence electrons. The molecular formula is C17H24N4O4S2. The number of carbonyl (C=O) groups is 1. The minimum Gasteiger partial charge on any atom is -0.496 e. The molecule has 1 atom stereocenters. The molecule has 0 aliphatic carbocycles. The van der Waals surface area contributed by atoms with Crippen molar-refractivity contribution in [2.24, 2.45) is 0 Å². The van der Waals surface area contributed by atoms with Crippen molar-refractivity contribution in [3.8, 4) is 5.75 Å². The number of benzene rings is 1. The van der Waals surface area contributed by atoms with Gasteiger partial charge in [0, 0.05) is 13.0 Å². The summed E-state index contributed by atoms with van der Waals surface area (Å²) < 4.78 is 33.1. The molecule has 1 unspecified atom stereocenters. The first-order valence-corrected chi connectivity index (χ1v) is 10.7. The van der Waals surface area contributed by atoms with Crippen molar-refractivity contribution in [3.63, 3.8) is 0 Å². The average molecular weight is 413 g/mol. The highest BCUT2D eigenvalue weighted by molar-refractivity contribution is 7.91. The number of aryl methyl sites for hydroxylation is 1. The topological polar surface area (TPSA) is 110 Å². The van der Waals surface area contributed by atoms with Gasteiger partial charge in [0.25, 0.3) is 10.0 Å². The molecule has 2 aromatic rings. The Morgan fingerprint density at radius 1 is 1.19 bits per heavy atom. The normalized spacial score (nSPS) is 12.9. The van der Waals surface area contributed by atoms with Crippen molar-refractivity contribution < 1.29 is 17.9 Å². The number of nitrogens with zero attached hydrogens (tertiary/aromatic N) is 2. The van der Waals surface area contributed by atoms with Crippen LogP contribution in [0.5, 0.6) is 5.75 Å². The van der Waals surface area contributed by atoms with Gasteiger partial charge < -0.3 is 10.1 Å². The Morgan fingerprint density at radius 3 is 2.41 bits per heavy atom. The fourth-order valence-electron chi connectivity index (χ4n) is 2.68. The number of hydrogen-bond donors (Lipinski definition) is 2. The van der Waals surface area contributed by atoms with Crippen LogP contribution in [-0.2, 0) is 14.8 Å². The lowest BCUT2D eigenvalue weighted by molar-refractivity contribution is -0.114. The summed E-state index contributed by atoms with van der Waals surface area (Å²) in [4.78, 5) is 11.1. The van der Waals surface area contributed by atoms with E-state index in [1.165, 1.54) is 6.92 Å². The van der Waals surface area contributed by atoms with E-state index >= 15 is 0 Å². The third-order valence-electron chi connectivity index (χ3n) is 3.96. The maximum Gasteiger partial charge on any atom is 0.270 e. The number of methoxy groups -OCH3 is 1. The van der Waals surface area contributed by atoms with Gasteiger partial charge in [-0.05, 0) is 48.6 Å². The fraction of sp³-hybridized carbons (Fsp3) is 0.471. The zero-order chi connectivity index (χ0) is 20.4. The standard InChI is InChI=1S/C17H24N4O4S2/c1-9(2)13-8-14(10(3)7-15(13)25-6)11(4)21-27(23,24)17-20-19-16(26-17)18-12(5)22/h7-9,11,21H,1-6H3,(H,18,19,22). The lowest BCUT2D eigenvalue weighted by atomic mass is 9.94. The Morgan fingerprint density at radius 2 is 1.85 bits per heavy atom. The van der Waals surface area contributed by atoms with Crippen molar-refractivity contribution in [3.05, 3.63) is 28.8 Å². The van der Waals surface area contributed by atoms with Gasteiger partial charge in [-0.1, -0.05) is 25.2 Å². The molecular weight excluding hydrogens is 388 g/mol. The highest BCUT2D eigenvalue weighted by atomic mass is 32.2. The molecule has 0 fully saturated rings. The number of rotatable bonds is 7. The van der Waals surface area contributed by atoms with Crippen LogP contribution in [0.15, 0.2) is 16.5 Å². The highest BCUT2D eigenvalue weighted by Gasteiger charge is 2.25. The highest BCUT2D eigenvalue weighted by Crippen LogP contribution is 2.32. The zero-order valence-corrected chi connectivity index (χ0v) is 17.8. The van der Waals surface area contributed by atoms with Gasteiger partial charge in [0.2, 0.25) is 15.4 Å². The number of nitrogens with one attached hydrogen (secondary N) is 2. The smallest absolute Gasteiger partial charge is 0.270 e. The largest absolute Gasteiger partial charge is 0.496 e. The van der Waals surface area contributed by atoms with E-state index < -0.39 is 16.1 Å². The second kappa shape index (κ2) is 8.32. The fourth-order valence-corrected chi connectivity index (χ4v) is 4.86. The molecule has 0 aliphatic heterocycles. The van der Waals surface area contributed by atoms with Gasteiger partial charge in [-0.2, -0.15) is 0 Å². The molecule has 10 heteroatoms. The van der Waals surface area contributed by atoms with E-state index in [0.717, 1.165) is 33.8 Å². The van der Waals surface area contributed by atoms with Crippen LogP contribution in [-0.4, -0.2) is 31.6 Å². The summed E-state index contributed by atoms with van der Waals surface area (Å²) >= 11 is 0.799. The lowest BCUT2D eigenvalue weighted by Gasteiger charge is -2.20. The molecule has 1 aromatic carbocycles. The first kappa shape index (κ1) is 21.3. The van der Waals surface area contributed by atoms with E-state index in [1.54, 1.807) is 14.0 Å². The van der Waals surface area contributed by atoms with E-state index in [1.807, 2.05) is 19.1 Å². The molecule has 0 saturated carbocycles. The molecule has 1 amide bonds. The molecule has 1 heterocycles. The number of amides is 1. The van der Waals surface area contributed by atoms with E-state index in [-0.39, 0.29) is 21.3 Å². The number of hydrogen-bond acceptors (Lipinski definition) is 7. The molecule has 0 saturated heterocycles. The molecule has 0 bridgehead atoms. The lowest BCUT2D eigenvalue weighted by Crippen LogP contribution is -2.27. The molecule has 0 aliphatic rings. The third-order valence-corrected chi connectivity index (χ3v) is 6.70. The van der Waals surface area contributed by atoms with Crippen molar-refractivity contribution in [1.29, 1.82) is 0 Å². The predicted molar refractivity (Wildman–Crippen MR) is 105 cm³/mol. The third kappa shape index (κ3) is 5.02. The quantitative estimate of drug-likeness (QED) is 0.677. The van der Waals surface area contributed by atoms with Crippen molar-refractivity contribution in [2.45, 2.75) is 50.9 Å². The molecule has 8 nitrogen and oxygen atoms in total. The van der Waals surface area contributed by atoms with E-state index in [2.05, 4.69) is 34.1 Å². The van der Waals surface area contributed by atoms with Crippen LogP contribution >= 0.6 is 11.3 Å². The molecule has 0 spiro atoms. The van der Waals surface area contributed by atoms with Gasteiger partial charge in [-0.25, -0.2) is 13.1 Å². The van der Waals surface area contributed by atoms with Gasteiger partial charge in [0.1, 0.15) is 5.75 Å². The molecule has 0 radical (unpaired) electrons. The number of anilines is 1. The maximum atomic E-state index is 12.6. The Labute approximate surface area is 163 Å². The van der Waals surface area contributed by atoms with E-state index in [4.69, 9.17) is 4.74 Å². The van der Waals surface area contributed by atoms with Gasteiger partial charge in [-0.15, -0.1) is 10.2 Å². The van der Waals surface area contributed by atoms with Crippen LogP contribution in [0, 0.1) is 6.92 Å². The second-order valence-electron chi connectivity index (χ2n) is 6.50. The number of ether oxygens (including phenoxy) is 1. The number of sulfonamides is 1. The Bertz CT molecular complexity index is 938. The Hall–Kier alpha value is -2.04. The molecule has 1 aromatic heterocycles. The molecule has 2 N–H and O–H groups in total. The van der Waals surface area contributed by atoms with Crippen molar-refractivity contribution in [1.82, 2.24) is 14.9 Å². The Kier molecular flexibility index (Phi) is 6.55. The first-order chi connectivity index (χ1) is 12.5. The van der Waals surface area contributed by atoms with Crippen LogP contribution in [0.25, 0.3) is 0 Å². The van der Waals surface area contributed by atoms with E-state index in [9.17, 15) is 13.2 Å². The summed E-state index contributed by atoms with van der Waals surface area (Å²) in [7, 11) is -2.26. The van der Waals surface area contributed by atoms with Gasteiger partial charge in [0.05, 0.1) is 7.11 Å². The summed E-state index contributed by atoms with van der Waals surface area (Å²) in [5, 5.41) is 9.91. The second-order valence-corrected chi connectivity index (χ2v) is 9.37. The number of carbonyl (C=O) groups excluding carboxylic acids is 1. The van der Waals surface area contributed by atoms with Crippen molar-refractivity contribution in [2.75, 3.05) is 12.4 Å². The minimum absolute atomic E-state index is 0.137. The Balaban J connectivity index is 2.30. The average Bonchev–Trinajstić information content (AvgIpc) is 3.02. The summed E-state index contributed by atoms with van der Waals surface area (Å²) in [6.45, 7) is 9.10. The summed E-state index contributed by atoms with van der Waals surface area (Å²) in [6.07, 6.45) is 0. The van der Waals surface area contributed by atoms with Gasteiger partial charge in [0.15, 0.2) is 0 Å². The molecule has 2 rings (SSSR count). The summed E-state index contributed by atoms with van der Waals surface area (Å²) in [5.41, 5.74) is 2.78. The predicted octanol–water partition coefficient (Wildman–Crippen LogP) is 2.98. The zero-order valence-electron chi connectivity index (χ0n) is 16.2. The maximum absolute atomic E-state index is 12.6. The van der Waals surface area contributed by atoms with Crippen LogP contribution in [0.4, 0.5) is 5.13 Å². The SMILES string of the molecule is COc1cc(C)c(C(C)NS(=O)(=O)c2nnc(NC(C)=O)s2)cc1C(C)C. The monoisotopic (exact) mass is 412 g/mol. The van der Waals surface area contributed by atoms with Crippen LogP contribution in [0.1, 0.15) is 56.3 Å². The summed E-state index contributed by atoms with van der Waals surface area (Å²) in [5.74, 6) is 0.670.